The fraction of sp³-hybridized carbons (Fsp3) is 0.533. The minimum Gasteiger partial charge on any atom is -0.465 e. The van der Waals surface area contributed by atoms with Crippen molar-refractivity contribution in [2.45, 2.75) is 18.9 Å². The number of piperidine rings is 1. The van der Waals surface area contributed by atoms with E-state index in [0.29, 0.717) is 17.3 Å². The van der Waals surface area contributed by atoms with Crippen molar-refractivity contribution in [2.24, 2.45) is 0 Å². The van der Waals surface area contributed by atoms with Crippen molar-refractivity contribution >= 4 is 17.3 Å². The number of nitrogens with zero attached hydrogens (tertiary/aromatic N) is 2. The minimum atomic E-state index is -0.341. The van der Waals surface area contributed by atoms with Crippen LogP contribution >= 0.6 is 0 Å². The van der Waals surface area contributed by atoms with Crippen LogP contribution in [0.3, 0.4) is 0 Å². The first kappa shape index (κ1) is 14.7. The molecule has 1 aliphatic rings. The van der Waals surface area contributed by atoms with Crippen LogP contribution in [0.5, 0.6) is 0 Å². The summed E-state index contributed by atoms with van der Waals surface area (Å²) < 4.78 is 4.86. The third-order valence-electron chi connectivity index (χ3n) is 4.04. The Morgan fingerprint density at radius 1 is 1.40 bits per heavy atom. The van der Waals surface area contributed by atoms with Crippen molar-refractivity contribution in [3.8, 4) is 0 Å². The highest BCUT2D eigenvalue weighted by Gasteiger charge is 2.24. The van der Waals surface area contributed by atoms with Crippen molar-refractivity contribution in [3.63, 3.8) is 0 Å². The van der Waals surface area contributed by atoms with Crippen LogP contribution < -0.4 is 10.6 Å². The molecule has 1 aromatic carbocycles. The molecule has 2 rings (SSSR count). The average Bonchev–Trinajstić information content (AvgIpc) is 2.46. The Morgan fingerprint density at radius 3 is 2.65 bits per heavy atom. The van der Waals surface area contributed by atoms with Gasteiger partial charge in [-0.3, -0.25) is 0 Å². The van der Waals surface area contributed by atoms with E-state index < -0.39 is 0 Å². The fourth-order valence-corrected chi connectivity index (χ4v) is 2.71. The molecule has 0 bridgehead atoms. The second-order valence-electron chi connectivity index (χ2n) is 5.41. The molecule has 1 aromatic rings. The number of nitrogen functional groups attached to an aromatic ring is 1. The molecule has 1 saturated heterocycles. The van der Waals surface area contributed by atoms with Crippen LogP contribution in [0, 0.1) is 0 Å². The number of rotatable bonds is 3. The molecule has 5 nitrogen and oxygen atoms in total. The first-order chi connectivity index (χ1) is 9.52. The number of carbonyl (C=O) groups excluding carboxylic acids is 1. The van der Waals surface area contributed by atoms with Crippen molar-refractivity contribution in [3.05, 3.63) is 23.8 Å². The summed E-state index contributed by atoms with van der Waals surface area (Å²) in [5.74, 6) is -0.341. The lowest BCUT2D eigenvalue weighted by Crippen LogP contribution is -2.42. The second kappa shape index (κ2) is 6.13. The third kappa shape index (κ3) is 3.04. The van der Waals surface area contributed by atoms with Gasteiger partial charge in [0, 0.05) is 18.8 Å². The molecule has 110 valence electrons. The molecule has 20 heavy (non-hydrogen) atoms. The maximum Gasteiger partial charge on any atom is 0.340 e. The van der Waals surface area contributed by atoms with Crippen molar-refractivity contribution < 1.29 is 9.53 Å². The third-order valence-corrected chi connectivity index (χ3v) is 4.04. The average molecular weight is 277 g/mol. The Kier molecular flexibility index (Phi) is 4.49. The van der Waals surface area contributed by atoms with Crippen molar-refractivity contribution in [1.29, 1.82) is 0 Å². The standard InChI is InChI=1S/C15H23N3O2/c1-17-8-6-12(7-9-17)18(2)14-5-4-11(16)10-13(14)15(19)20-3/h4-5,10,12H,6-9,16H2,1-3H3. The lowest BCUT2D eigenvalue weighted by molar-refractivity contribution is 0.0601. The predicted octanol–water partition coefficient (Wildman–Crippen LogP) is 1.59. The summed E-state index contributed by atoms with van der Waals surface area (Å²) >= 11 is 0. The molecule has 2 N–H and O–H groups in total. The van der Waals surface area contributed by atoms with Gasteiger partial charge in [0.1, 0.15) is 0 Å². The lowest BCUT2D eigenvalue weighted by Gasteiger charge is -2.37. The molecule has 0 spiro atoms. The van der Waals surface area contributed by atoms with E-state index in [0.717, 1.165) is 31.6 Å². The molecule has 1 heterocycles. The Bertz CT molecular complexity index is 482. The van der Waals surface area contributed by atoms with Crippen LogP contribution in [0.15, 0.2) is 18.2 Å². The summed E-state index contributed by atoms with van der Waals surface area (Å²) in [7, 11) is 5.57. The molecular formula is C15H23N3O2. The van der Waals surface area contributed by atoms with Crippen LogP contribution in [-0.4, -0.2) is 51.2 Å². The van der Waals surface area contributed by atoms with Gasteiger partial charge in [-0.25, -0.2) is 4.79 Å². The normalized spacial score (nSPS) is 16.9. The van der Waals surface area contributed by atoms with E-state index in [4.69, 9.17) is 10.5 Å². The summed E-state index contributed by atoms with van der Waals surface area (Å²) in [5, 5.41) is 0. The number of nitrogens with two attached hydrogens (primary N) is 1. The van der Waals surface area contributed by atoms with Crippen LogP contribution in [-0.2, 0) is 4.74 Å². The van der Waals surface area contributed by atoms with E-state index in [9.17, 15) is 4.79 Å². The fourth-order valence-electron chi connectivity index (χ4n) is 2.71. The zero-order chi connectivity index (χ0) is 14.7. The summed E-state index contributed by atoms with van der Waals surface area (Å²) in [4.78, 5) is 16.4. The van der Waals surface area contributed by atoms with Crippen LogP contribution in [0.1, 0.15) is 23.2 Å². The van der Waals surface area contributed by atoms with E-state index in [-0.39, 0.29) is 5.97 Å². The van der Waals surface area contributed by atoms with Gasteiger partial charge in [0.15, 0.2) is 0 Å². The maximum absolute atomic E-state index is 11.9. The molecule has 5 heteroatoms. The first-order valence-electron chi connectivity index (χ1n) is 6.92. The molecule has 1 aliphatic heterocycles. The summed E-state index contributed by atoms with van der Waals surface area (Å²) in [5.41, 5.74) is 7.78. The Balaban J connectivity index is 2.25. The predicted molar refractivity (Wildman–Crippen MR) is 81.1 cm³/mol. The highest BCUT2D eigenvalue weighted by atomic mass is 16.5. The van der Waals surface area contributed by atoms with E-state index in [2.05, 4.69) is 16.8 Å². The molecule has 0 aliphatic carbocycles. The summed E-state index contributed by atoms with van der Waals surface area (Å²) in [6, 6.07) is 5.86. The maximum atomic E-state index is 11.9. The van der Waals surface area contributed by atoms with Gasteiger partial charge in [0.2, 0.25) is 0 Å². The van der Waals surface area contributed by atoms with Gasteiger partial charge < -0.3 is 20.3 Å². The molecular weight excluding hydrogens is 254 g/mol. The SMILES string of the molecule is COC(=O)c1cc(N)ccc1N(C)C1CCN(C)CC1. The zero-order valence-corrected chi connectivity index (χ0v) is 12.4. The van der Waals surface area contributed by atoms with Crippen LogP contribution in [0.2, 0.25) is 0 Å². The van der Waals surface area contributed by atoms with E-state index in [1.54, 1.807) is 6.07 Å². The molecule has 0 aromatic heterocycles. The monoisotopic (exact) mass is 277 g/mol. The highest BCUT2D eigenvalue weighted by Crippen LogP contribution is 2.27. The van der Waals surface area contributed by atoms with Gasteiger partial charge in [-0.15, -0.1) is 0 Å². The molecule has 0 amide bonds. The molecule has 1 fully saturated rings. The number of ether oxygens (including phenoxy) is 1. The Labute approximate surface area is 120 Å². The van der Waals surface area contributed by atoms with Crippen molar-refractivity contribution in [1.82, 2.24) is 4.90 Å². The number of carbonyl (C=O) groups is 1. The van der Waals surface area contributed by atoms with Crippen molar-refractivity contribution in [2.75, 3.05) is 44.9 Å². The van der Waals surface area contributed by atoms with Crippen LogP contribution in [0.25, 0.3) is 0 Å². The van der Waals surface area contributed by atoms with E-state index in [1.165, 1.54) is 7.11 Å². The van der Waals surface area contributed by atoms with Gasteiger partial charge in [0.05, 0.1) is 18.4 Å². The van der Waals surface area contributed by atoms with Crippen LogP contribution in [0.4, 0.5) is 11.4 Å². The number of benzene rings is 1. The number of hydrogen-bond donors (Lipinski definition) is 1. The number of anilines is 2. The largest absolute Gasteiger partial charge is 0.465 e. The lowest BCUT2D eigenvalue weighted by atomic mass is 10.0. The van der Waals surface area contributed by atoms with E-state index in [1.807, 2.05) is 19.2 Å². The number of methoxy groups -OCH3 is 1. The van der Waals surface area contributed by atoms with Gasteiger partial charge in [-0.1, -0.05) is 0 Å². The Morgan fingerprint density at radius 2 is 2.05 bits per heavy atom. The second-order valence-corrected chi connectivity index (χ2v) is 5.41. The topological polar surface area (TPSA) is 58.8 Å². The van der Waals surface area contributed by atoms with E-state index >= 15 is 0 Å². The molecule has 0 saturated carbocycles. The summed E-state index contributed by atoms with van der Waals surface area (Å²) in [6.07, 6.45) is 2.19. The Hall–Kier alpha value is -1.75. The summed E-state index contributed by atoms with van der Waals surface area (Å²) in [6.45, 7) is 2.16. The highest BCUT2D eigenvalue weighted by molar-refractivity contribution is 5.97. The molecule has 0 radical (unpaired) electrons. The molecule has 0 unspecified atom stereocenters. The van der Waals surface area contributed by atoms with Gasteiger partial charge in [0.25, 0.3) is 0 Å². The number of likely N-dealkylation sites (tertiary alicyclic amines) is 1. The van der Waals surface area contributed by atoms with Gasteiger partial charge >= 0.3 is 5.97 Å². The molecule has 0 atom stereocenters. The van der Waals surface area contributed by atoms with Gasteiger partial charge in [-0.2, -0.15) is 0 Å². The van der Waals surface area contributed by atoms with Gasteiger partial charge in [-0.05, 0) is 51.2 Å². The minimum absolute atomic E-state index is 0.341. The number of hydrogen-bond acceptors (Lipinski definition) is 5. The first-order valence-corrected chi connectivity index (χ1v) is 6.92. The number of esters is 1. The zero-order valence-electron chi connectivity index (χ0n) is 12.4. The smallest absolute Gasteiger partial charge is 0.340 e. The quantitative estimate of drug-likeness (QED) is 0.671.